The maximum Gasteiger partial charge on any atom is 0.310 e. The van der Waals surface area contributed by atoms with Crippen LogP contribution in [0.3, 0.4) is 0 Å². The Labute approximate surface area is 79.2 Å². The fourth-order valence-electron chi connectivity index (χ4n) is 1.66. The summed E-state index contributed by atoms with van der Waals surface area (Å²) in [6.45, 7) is 1.71. The lowest BCUT2D eigenvalue weighted by Gasteiger charge is -2.32. The summed E-state index contributed by atoms with van der Waals surface area (Å²) < 4.78 is 4.72. The fourth-order valence-corrected chi connectivity index (χ4v) is 1.66. The molecule has 0 unspecified atom stereocenters. The Morgan fingerprint density at radius 3 is 2.69 bits per heavy atom. The first-order valence-corrected chi connectivity index (χ1v) is 4.60. The van der Waals surface area contributed by atoms with E-state index in [0.717, 1.165) is 19.5 Å². The molecular weight excluding hydrogens is 168 g/mol. The van der Waals surface area contributed by atoms with Crippen molar-refractivity contribution in [3.8, 4) is 0 Å². The molecule has 0 aromatic carbocycles. The summed E-state index contributed by atoms with van der Waals surface area (Å²) in [5, 5.41) is 3.24. The van der Waals surface area contributed by atoms with E-state index in [1.807, 2.05) is 14.1 Å². The molecule has 1 aliphatic rings. The first-order valence-electron chi connectivity index (χ1n) is 4.60. The smallest absolute Gasteiger partial charge is 0.310 e. The Morgan fingerprint density at radius 2 is 2.15 bits per heavy atom. The lowest BCUT2D eigenvalue weighted by Crippen LogP contribution is -2.48. The van der Waals surface area contributed by atoms with Gasteiger partial charge in [-0.25, -0.2) is 0 Å². The largest absolute Gasteiger partial charge is 0.469 e. The Bertz CT molecular complexity index is 182. The molecule has 76 valence electrons. The normalized spacial score (nSPS) is 28.9. The van der Waals surface area contributed by atoms with E-state index in [9.17, 15) is 4.79 Å². The number of piperidine rings is 1. The topological polar surface area (TPSA) is 41.6 Å². The Kier molecular flexibility index (Phi) is 3.69. The van der Waals surface area contributed by atoms with Crippen LogP contribution in [0.4, 0.5) is 0 Å². The van der Waals surface area contributed by atoms with Gasteiger partial charge in [0.1, 0.15) is 0 Å². The van der Waals surface area contributed by atoms with Gasteiger partial charge in [-0.1, -0.05) is 0 Å². The molecule has 2 atom stereocenters. The van der Waals surface area contributed by atoms with Crippen molar-refractivity contribution in [1.29, 1.82) is 0 Å². The van der Waals surface area contributed by atoms with E-state index in [4.69, 9.17) is 4.74 Å². The van der Waals surface area contributed by atoms with Crippen molar-refractivity contribution < 1.29 is 9.53 Å². The molecule has 0 spiro atoms. The van der Waals surface area contributed by atoms with Gasteiger partial charge in [0.05, 0.1) is 13.0 Å². The Balaban J connectivity index is 2.46. The molecule has 1 fully saturated rings. The van der Waals surface area contributed by atoms with Crippen molar-refractivity contribution >= 4 is 5.97 Å². The van der Waals surface area contributed by atoms with Gasteiger partial charge in [-0.2, -0.15) is 0 Å². The second kappa shape index (κ2) is 4.58. The number of methoxy groups -OCH3 is 1. The fraction of sp³-hybridized carbons (Fsp3) is 0.889. The number of hydrogen-bond donors (Lipinski definition) is 1. The maximum absolute atomic E-state index is 11.3. The van der Waals surface area contributed by atoms with E-state index in [2.05, 4.69) is 10.2 Å². The van der Waals surface area contributed by atoms with Gasteiger partial charge in [-0.3, -0.25) is 4.79 Å². The molecule has 0 aromatic heterocycles. The highest BCUT2D eigenvalue weighted by Crippen LogP contribution is 2.14. The van der Waals surface area contributed by atoms with Crippen LogP contribution in [0.5, 0.6) is 0 Å². The Hall–Kier alpha value is -0.610. The monoisotopic (exact) mass is 186 g/mol. The first kappa shape index (κ1) is 10.5. The lowest BCUT2D eigenvalue weighted by molar-refractivity contribution is -0.146. The van der Waals surface area contributed by atoms with Crippen molar-refractivity contribution in [3.63, 3.8) is 0 Å². The minimum atomic E-state index is -0.0981. The van der Waals surface area contributed by atoms with Crippen molar-refractivity contribution in [2.45, 2.75) is 12.5 Å². The molecule has 4 heteroatoms. The zero-order valence-electron chi connectivity index (χ0n) is 8.54. The average molecular weight is 186 g/mol. The number of rotatable bonds is 2. The van der Waals surface area contributed by atoms with Gasteiger partial charge in [0.25, 0.3) is 0 Å². The Morgan fingerprint density at radius 1 is 1.46 bits per heavy atom. The molecule has 1 heterocycles. The van der Waals surface area contributed by atoms with Gasteiger partial charge in [0, 0.05) is 19.1 Å². The van der Waals surface area contributed by atoms with Crippen LogP contribution < -0.4 is 5.32 Å². The molecule has 0 aromatic rings. The third-order valence-electron chi connectivity index (χ3n) is 2.59. The van der Waals surface area contributed by atoms with Crippen LogP contribution in [0.25, 0.3) is 0 Å². The van der Waals surface area contributed by atoms with E-state index in [0.29, 0.717) is 6.04 Å². The molecule has 1 rings (SSSR count). The van der Waals surface area contributed by atoms with Crippen LogP contribution in [-0.2, 0) is 9.53 Å². The predicted molar refractivity (Wildman–Crippen MR) is 50.5 cm³/mol. The number of hydrogen-bond acceptors (Lipinski definition) is 4. The summed E-state index contributed by atoms with van der Waals surface area (Å²) in [5.74, 6) is -0.0785. The quantitative estimate of drug-likeness (QED) is 0.601. The van der Waals surface area contributed by atoms with Crippen LogP contribution >= 0.6 is 0 Å². The molecule has 0 bridgehead atoms. The van der Waals surface area contributed by atoms with Crippen LogP contribution in [0, 0.1) is 5.92 Å². The van der Waals surface area contributed by atoms with Crippen molar-refractivity contribution in [2.24, 2.45) is 5.92 Å². The van der Waals surface area contributed by atoms with Gasteiger partial charge in [-0.05, 0) is 20.5 Å². The lowest BCUT2D eigenvalue weighted by atomic mass is 9.95. The van der Waals surface area contributed by atoms with Crippen LogP contribution in [0.2, 0.25) is 0 Å². The SMILES string of the molecule is COC(=O)[C@@H]1CNC[C@H](N(C)C)C1. The zero-order valence-corrected chi connectivity index (χ0v) is 8.54. The number of nitrogens with zero attached hydrogens (tertiary/aromatic N) is 1. The molecule has 0 saturated carbocycles. The van der Waals surface area contributed by atoms with Gasteiger partial charge < -0.3 is 15.0 Å². The average Bonchev–Trinajstić information content (AvgIpc) is 2.17. The highest BCUT2D eigenvalue weighted by atomic mass is 16.5. The first-order chi connectivity index (χ1) is 6.15. The highest BCUT2D eigenvalue weighted by Gasteiger charge is 2.28. The standard InChI is InChI=1S/C9H18N2O2/c1-11(2)8-4-7(5-10-6-8)9(12)13-3/h7-8,10H,4-6H2,1-3H3/t7-,8+/m0/s1. The summed E-state index contributed by atoms with van der Waals surface area (Å²) in [6.07, 6.45) is 0.896. The number of carbonyl (C=O) groups is 1. The second-order valence-corrected chi connectivity index (χ2v) is 3.73. The molecule has 0 aliphatic carbocycles. The van der Waals surface area contributed by atoms with E-state index in [1.165, 1.54) is 7.11 Å². The summed E-state index contributed by atoms with van der Waals surface area (Å²) in [4.78, 5) is 13.4. The second-order valence-electron chi connectivity index (χ2n) is 3.73. The molecular formula is C9H18N2O2. The van der Waals surface area contributed by atoms with Crippen molar-refractivity contribution in [1.82, 2.24) is 10.2 Å². The maximum atomic E-state index is 11.3. The van der Waals surface area contributed by atoms with Gasteiger partial charge in [0.2, 0.25) is 0 Å². The molecule has 1 N–H and O–H groups in total. The molecule has 0 amide bonds. The predicted octanol–water partition coefficient (Wildman–Crippen LogP) is -0.301. The van der Waals surface area contributed by atoms with E-state index in [-0.39, 0.29) is 11.9 Å². The minimum absolute atomic E-state index is 0.0196. The molecule has 1 aliphatic heterocycles. The minimum Gasteiger partial charge on any atom is -0.469 e. The molecule has 13 heavy (non-hydrogen) atoms. The molecule has 4 nitrogen and oxygen atoms in total. The number of nitrogens with one attached hydrogen (secondary N) is 1. The number of carbonyl (C=O) groups excluding carboxylic acids is 1. The van der Waals surface area contributed by atoms with Gasteiger partial charge >= 0.3 is 5.97 Å². The number of likely N-dealkylation sites (N-methyl/N-ethyl adjacent to an activating group) is 1. The van der Waals surface area contributed by atoms with Gasteiger partial charge in [-0.15, -0.1) is 0 Å². The third kappa shape index (κ3) is 2.67. The van der Waals surface area contributed by atoms with Crippen LogP contribution in [0.15, 0.2) is 0 Å². The summed E-state index contributed by atoms with van der Waals surface area (Å²) >= 11 is 0. The van der Waals surface area contributed by atoms with Crippen LogP contribution in [0.1, 0.15) is 6.42 Å². The number of esters is 1. The van der Waals surface area contributed by atoms with Crippen molar-refractivity contribution in [2.75, 3.05) is 34.3 Å². The zero-order chi connectivity index (χ0) is 9.84. The van der Waals surface area contributed by atoms with E-state index < -0.39 is 0 Å². The van der Waals surface area contributed by atoms with E-state index in [1.54, 1.807) is 0 Å². The summed E-state index contributed by atoms with van der Waals surface area (Å²) in [5.41, 5.74) is 0. The molecule has 1 saturated heterocycles. The summed E-state index contributed by atoms with van der Waals surface area (Å²) in [7, 11) is 5.51. The third-order valence-corrected chi connectivity index (χ3v) is 2.59. The van der Waals surface area contributed by atoms with Crippen LogP contribution in [-0.4, -0.2) is 51.2 Å². The van der Waals surface area contributed by atoms with Crippen molar-refractivity contribution in [3.05, 3.63) is 0 Å². The molecule has 0 radical (unpaired) electrons. The van der Waals surface area contributed by atoms with E-state index >= 15 is 0 Å². The number of ether oxygens (including phenoxy) is 1. The summed E-state index contributed by atoms with van der Waals surface area (Å²) in [6, 6.07) is 0.442. The highest BCUT2D eigenvalue weighted by molar-refractivity contribution is 5.72. The van der Waals surface area contributed by atoms with Gasteiger partial charge in [0.15, 0.2) is 0 Å².